The molecule has 4 rings (SSSR count). The Morgan fingerprint density at radius 1 is 1.12 bits per heavy atom. The number of aromatic nitrogens is 1. The highest BCUT2D eigenvalue weighted by Gasteiger charge is 2.33. The van der Waals surface area contributed by atoms with Crippen LogP contribution in [0.2, 0.25) is 0 Å². The minimum atomic E-state index is -4.36. The van der Waals surface area contributed by atoms with E-state index < -0.39 is 11.7 Å². The second-order valence-electron chi connectivity index (χ2n) is 8.55. The highest BCUT2D eigenvalue weighted by Crippen LogP contribution is 2.37. The van der Waals surface area contributed by atoms with Crippen LogP contribution >= 0.6 is 11.3 Å². The fraction of sp³-hybridized carbons (Fsp3) is 0.417. The van der Waals surface area contributed by atoms with Gasteiger partial charge in [-0.2, -0.15) is 13.2 Å². The maximum atomic E-state index is 13.1. The van der Waals surface area contributed by atoms with Crippen LogP contribution in [-0.2, 0) is 28.7 Å². The molecule has 5 nitrogen and oxygen atoms in total. The zero-order valence-corrected chi connectivity index (χ0v) is 19.5. The Labute approximate surface area is 194 Å². The summed E-state index contributed by atoms with van der Waals surface area (Å²) in [7, 11) is 1.38. The number of hydrogen-bond acceptors (Lipinski definition) is 6. The maximum Gasteiger partial charge on any atom is 0.416 e. The van der Waals surface area contributed by atoms with Crippen molar-refractivity contribution in [1.82, 2.24) is 9.88 Å². The van der Waals surface area contributed by atoms with E-state index in [0.29, 0.717) is 10.2 Å². The Bertz CT molecular complexity index is 1140. The van der Waals surface area contributed by atoms with E-state index in [1.54, 1.807) is 0 Å². The lowest BCUT2D eigenvalue weighted by Crippen LogP contribution is -2.56. The summed E-state index contributed by atoms with van der Waals surface area (Å²) in [5.41, 5.74) is 1.99. The molecule has 3 aromatic rings. The van der Waals surface area contributed by atoms with Crippen molar-refractivity contribution in [2.24, 2.45) is 0 Å². The standard InChI is InChI=1S/C24H26F3N3O2S/c1-15-12-29(14-18-6-4-5-17(9-18)10-22(31)32-3)13-16(2)30(15)23-28-20-8-7-19(24(25,26)27)11-21(20)33-23/h4-9,11,15-16H,10,12-14H2,1-3H3. The first-order valence-electron chi connectivity index (χ1n) is 10.8. The number of alkyl halides is 3. The van der Waals surface area contributed by atoms with Crippen molar-refractivity contribution in [3.63, 3.8) is 0 Å². The van der Waals surface area contributed by atoms with Crippen LogP contribution in [0.4, 0.5) is 18.3 Å². The largest absolute Gasteiger partial charge is 0.469 e. The van der Waals surface area contributed by atoms with Crippen LogP contribution in [0.5, 0.6) is 0 Å². The number of benzene rings is 2. The number of esters is 1. The lowest BCUT2D eigenvalue weighted by molar-refractivity contribution is -0.140. The molecule has 176 valence electrons. The van der Waals surface area contributed by atoms with Crippen molar-refractivity contribution in [2.75, 3.05) is 25.1 Å². The Kier molecular flexibility index (Phi) is 6.63. The molecule has 1 aliphatic heterocycles. The molecule has 2 unspecified atom stereocenters. The minimum absolute atomic E-state index is 0.148. The zero-order valence-electron chi connectivity index (χ0n) is 18.7. The van der Waals surface area contributed by atoms with Crippen molar-refractivity contribution in [1.29, 1.82) is 0 Å². The van der Waals surface area contributed by atoms with Crippen LogP contribution in [0.15, 0.2) is 42.5 Å². The Balaban J connectivity index is 1.47. The second kappa shape index (κ2) is 9.30. The number of halogens is 3. The smallest absolute Gasteiger partial charge is 0.416 e. The predicted octanol–water partition coefficient (Wildman–Crippen LogP) is 5.13. The van der Waals surface area contributed by atoms with Crippen LogP contribution in [0.3, 0.4) is 0 Å². The van der Waals surface area contributed by atoms with Gasteiger partial charge in [0.2, 0.25) is 0 Å². The van der Waals surface area contributed by atoms with Crippen molar-refractivity contribution >= 4 is 32.7 Å². The van der Waals surface area contributed by atoms with Crippen LogP contribution in [0, 0.1) is 0 Å². The van der Waals surface area contributed by atoms with E-state index in [9.17, 15) is 18.0 Å². The van der Waals surface area contributed by atoms with Gasteiger partial charge in [0, 0.05) is 31.7 Å². The van der Waals surface area contributed by atoms with Gasteiger partial charge in [-0.1, -0.05) is 35.6 Å². The van der Waals surface area contributed by atoms with Gasteiger partial charge in [0.05, 0.1) is 29.3 Å². The second-order valence-corrected chi connectivity index (χ2v) is 9.56. The van der Waals surface area contributed by atoms with Gasteiger partial charge >= 0.3 is 12.1 Å². The monoisotopic (exact) mass is 477 g/mol. The number of nitrogens with zero attached hydrogens (tertiary/aromatic N) is 3. The molecule has 1 aliphatic rings. The van der Waals surface area contributed by atoms with Gasteiger partial charge < -0.3 is 9.64 Å². The zero-order chi connectivity index (χ0) is 23.8. The average Bonchev–Trinajstić information content (AvgIpc) is 3.15. The van der Waals surface area contributed by atoms with E-state index in [1.165, 1.54) is 30.6 Å². The summed E-state index contributed by atoms with van der Waals surface area (Å²) in [6, 6.07) is 12.0. The van der Waals surface area contributed by atoms with E-state index in [2.05, 4.69) is 28.6 Å². The van der Waals surface area contributed by atoms with Crippen LogP contribution < -0.4 is 4.90 Å². The first-order valence-corrected chi connectivity index (χ1v) is 11.6. The number of thiazole rings is 1. The number of anilines is 1. The summed E-state index contributed by atoms with van der Waals surface area (Å²) in [5.74, 6) is -0.263. The number of carbonyl (C=O) groups excluding carboxylic acids is 1. The fourth-order valence-electron chi connectivity index (χ4n) is 4.47. The molecule has 2 atom stereocenters. The molecule has 1 aromatic heterocycles. The quantitative estimate of drug-likeness (QED) is 0.477. The Morgan fingerprint density at radius 3 is 2.48 bits per heavy atom. The summed E-state index contributed by atoms with van der Waals surface area (Å²) in [6.07, 6.45) is -4.11. The summed E-state index contributed by atoms with van der Waals surface area (Å²) >= 11 is 1.31. The third-order valence-electron chi connectivity index (χ3n) is 5.89. The summed E-state index contributed by atoms with van der Waals surface area (Å²) in [5, 5.41) is 0.754. The third-order valence-corrected chi connectivity index (χ3v) is 6.93. The van der Waals surface area contributed by atoms with Crippen molar-refractivity contribution in [3.05, 3.63) is 59.2 Å². The van der Waals surface area contributed by atoms with E-state index in [0.717, 1.165) is 42.0 Å². The number of rotatable bonds is 5. The minimum Gasteiger partial charge on any atom is -0.469 e. The number of carbonyl (C=O) groups is 1. The molecule has 33 heavy (non-hydrogen) atoms. The first-order chi connectivity index (χ1) is 15.6. The molecular formula is C24H26F3N3O2S. The topological polar surface area (TPSA) is 45.7 Å². The molecule has 1 saturated heterocycles. The van der Waals surface area contributed by atoms with Gasteiger partial charge in [0.25, 0.3) is 0 Å². The summed E-state index contributed by atoms with van der Waals surface area (Å²) < 4.78 is 44.5. The van der Waals surface area contributed by atoms with Crippen LogP contribution in [0.25, 0.3) is 10.2 Å². The number of methoxy groups -OCH3 is 1. The SMILES string of the molecule is COC(=O)Cc1cccc(CN2CC(C)N(c3nc4ccc(C(F)(F)F)cc4s3)C(C)C2)c1. The molecule has 0 radical (unpaired) electrons. The van der Waals surface area contributed by atoms with Gasteiger partial charge in [-0.15, -0.1) is 0 Å². The fourth-order valence-corrected chi connectivity index (χ4v) is 5.68. The Morgan fingerprint density at radius 2 is 1.82 bits per heavy atom. The van der Waals surface area contributed by atoms with E-state index >= 15 is 0 Å². The average molecular weight is 478 g/mol. The number of piperazine rings is 1. The Hall–Kier alpha value is -2.65. The highest BCUT2D eigenvalue weighted by molar-refractivity contribution is 7.22. The lowest BCUT2D eigenvalue weighted by atomic mass is 10.1. The van der Waals surface area contributed by atoms with Gasteiger partial charge in [0.1, 0.15) is 0 Å². The summed E-state index contributed by atoms with van der Waals surface area (Å²) in [6.45, 7) is 6.59. The van der Waals surface area contributed by atoms with E-state index in [-0.39, 0.29) is 24.5 Å². The molecule has 0 bridgehead atoms. The molecule has 0 saturated carbocycles. The molecule has 2 aromatic carbocycles. The van der Waals surface area contributed by atoms with Crippen molar-refractivity contribution < 1.29 is 22.7 Å². The number of ether oxygens (including phenoxy) is 1. The normalized spacial score (nSPS) is 19.8. The first kappa shape index (κ1) is 23.5. The number of fused-ring (bicyclic) bond motifs is 1. The molecule has 1 fully saturated rings. The van der Waals surface area contributed by atoms with Crippen molar-refractivity contribution in [3.8, 4) is 0 Å². The molecule has 0 N–H and O–H groups in total. The summed E-state index contributed by atoms with van der Waals surface area (Å²) in [4.78, 5) is 20.8. The van der Waals surface area contributed by atoms with Crippen LogP contribution in [-0.4, -0.2) is 48.1 Å². The van der Waals surface area contributed by atoms with Crippen molar-refractivity contribution in [2.45, 2.75) is 45.1 Å². The highest BCUT2D eigenvalue weighted by atomic mass is 32.1. The van der Waals surface area contributed by atoms with E-state index in [1.807, 2.05) is 24.3 Å². The van der Waals surface area contributed by atoms with E-state index in [4.69, 9.17) is 4.74 Å². The molecule has 0 spiro atoms. The molecule has 2 heterocycles. The lowest BCUT2D eigenvalue weighted by Gasteiger charge is -2.44. The maximum absolute atomic E-state index is 13.1. The predicted molar refractivity (Wildman–Crippen MR) is 123 cm³/mol. The molecule has 9 heteroatoms. The number of hydrogen-bond donors (Lipinski definition) is 0. The molecule has 0 amide bonds. The van der Waals surface area contributed by atoms with Gasteiger partial charge in [-0.3, -0.25) is 9.69 Å². The van der Waals surface area contributed by atoms with Crippen LogP contribution in [0.1, 0.15) is 30.5 Å². The molecular weight excluding hydrogens is 451 g/mol. The molecule has 0 aliphatic carbocycles. The van der Waals surface area contributed by atoms with Gasteiger partial charge in [0.15, 0.2) is 5.13 Å². The third kappa shape index (κ3) is 5.30. The van der Waals surface area contributed by atoms with Gasteiger partial charge in [-0.25, -0.2) is 4.98 Å². The van der Waals surface area contributed by atoms with Gasteiger partial charge in [-0.05, 0) is 43.2 Å².